The second kappa shape index (κ2) is 4.90. The molecule has 1 fully saturated rings. The zero-order valence-corrected chi connectivity index (χ0v) is 9.89. The van der Waals surface area contributed by atoms with Crippen LogP contribution in [0.4, 0.5) is 5.13 Å². The third kappa shape index (κ3) is 2.89. The van der Waals surface area contributed by atoms with Gasteiger partial charge in [-0.05, 0) is 32.1 Å². The number of rotatable bonds is 3. The summed E-state index contributed by atoms with van der Waals surface area (Å²) in [7, 11) is 0. The lowest BCUT2D eigenvalue weighted by molar-refractivity contribution is 0.411. The second-order valence-corrected chi connectivity index (χ2v) is 5.17. The quantitative estimate of drug-likeness (QED) is 0.824. The van der Waals surface area contributed by atoms with Gasteiger partial charge in [-0.15, -0.1) is 10.2 Å². The maximum absolute atomic E-state index is 5.86. The van der Waals surface area contributed by atoms with Gasteiger partial charge < -0.3 is 11.1 Å². The van der Waals surface area contributed by atoms with Gasteiger partial charge in [-0.1, -0.05) is 18.3 Å². The summed E-state index contributed by atoms with van der Waals surface area (Å²) in [5.41, 5.74) is 5.86. The van der Waals surface area contributed by atoms with Gasteiger partial charge >= 0.3 is 0 Å². The molecule has 1 aromatic rings. The van der Waals surface area contributed by atoms with E-state index < -0.39 is 0 Å². The third-order valence-electron chi connectivity index (χ3n) is 2.87. The highest BCUT2D eigenvalue weighted by molar-refractivity contribution is 7.15. The van der Waals surface area contributed by atoms with Crippen LogP contribution in [0, 0.1) is 0 Å². The van der Waals surface area contributed by atoms with E-state index in [2.05, 4.69) is 22.4 Å². The van der Waals surface area contributed by atoms with E-state index in [1.165, 1.54) is 0 Å². The van der Waals surface area contributed by atoms with Crippen LogP contribution in [0.3, 0.4) is 0 Å². The van der Waals surface area contributed by atoms with Gasteiger partial charge in [-0.25, -0.2) is 0 Å². The summed E-state index contributed by atoms with van der Waals surface area (Å²) in [6, 6.07) is 0.950. The summed E-state index contributed by atoms with van der Waals surface area (Å²) < 4.78 is 0. The molecule has 0 spiro atoms. The first-order valence-electron chi connectivity index (χ1n) is 5.62. The predicted molar refractivity (Wildman–Crippen MR) is 63.1 cm³/mol. The Kier molecular flexibility index (Phi) is 3.53. The van der Waals surface area contributed by atoms with Crippen molar-refractivity contribution in [3.63, 3.8) is 0 Å². The number of hydrogen-bond acceptors (Lipinski definition) is 5. The van der Waals surface area contributed by atoms with Gasteiger partial charge in [0, 0.05) is 12.1 Å². The molecular weight excluding hydrogens is 208 g/mol. The Bertz CT molecular complexity index is 304. The molecule has 3 N–H and O–H groups in total. The molecule has 1 heterocycles. The Balaban J connectivity index is 1.86. The van der Waals surface area contributed by atoms with Crippen LogP contribution in [-0.2, 0) is 6.42 Å². The van der Waals surface area contributed by atoms with Crippen LogP contribution in [0.1, 0.15) is 37.6 Å². The smallest absolute Gasteiger partial charge is 0.205 e. The first-order valence-corrected chi connectivity index (χ1v) is 6.44. The summed E-state index contributed by atoms with van der Waals surface area (Å²) in [5.74, 6) is 0. The molecule has 4 nitrogen and oxygen atoms in total. The largest absolute Gasteiger partial charge is 0.357 e. The lowest BCUT2D eigenvalue weighted by Crippen LogP contribution is -2.32. The Morgan fingerprint density at radius 3 is 2.67 bits per heavy atom. The standard InChI is InChI=1S/C10H18N4S/c1-2-9-13-14-10(15-9)12-8-5-3-7(11)4-6-8/h7-8H,2-6,11H2,1H3,(H,12,14). The SMILES string of the molecule is CCc1nnc(NC2CCC(N)CC2)s1. The Morgan fingerprint density at radius 1 is 1.33 bits per heavy atom. The van der Waals surface area contributed by atoms with Crippen LogP contribution in [0.25, 0.3) is 0 Å². The van der Waals surface area contributed by atoms with Crippen molar-refractivity contribution in [1.82, 2.24) is 10.2 Å². The van der Waals surface area contributed by atoms with E-state index in [1.807, 2.05) is 0 Å². The number of nitrogens with zero attached hydrogens (tertiary/aromatic N) is 2. The fourth-order valence-corrected chi connectivity index (χ4v) is 2.65. The highest BCUT2D eigenvalue weighted by Gasteiger charge is 2.19. The van der Waals surface area contributed by atoms with E-state index in [9.17, 15) is 0 Å². The first-order chi connectivity index (χ1) is 7.28. The van der Waals surface area contributed by atoms with Gasteiger partial charge in [0.05, 0.1) is 0 Å². The Labute approximate surface area is 94.3 Å². The van der Waals surface area contributed by atoms with Gasteiger partial charge in [0.25, 0.3) is 0 Å². The molecule has 2 rings (SSSR count). The van der Waals surface area contributed by atoms with Gasteiger partial charge in [-0.2, -0.15) is 0 Å². The van der Waals surface area contributed by atoms with E-state index in [0.29, 0.717) is 12.1 Å². The normalized spacial score (nSPS) is 26.5. The molecule has 0 atom stereocenters. The zero-order chi connectivity index (χ0) is 10.7. The molecule has 15 heavy (non-hydrogen) atoms. The van der Waals surface area contributed by atoms with E-state index in [1.54, 1.807) is 11.3 Å². The third-order valence-corrected chi connectivity index (χ3v) is 3.87. The summed E-state index contributed by atoms with van der Waals surface area (Å²) >= 11 is 1.66. The van der Waals surface area contributed by atoms with E-state index in [4.69, 9.17) is 5.73 Å². The average Bonchev–Trinajstić information content (AvgIpc) is 2.69. The summed E-state index contributed by atoms with van der Waals surface area (Å²) in [4.78, 5) is 0. The van der Waals surface area contributed by atoms with Crippen molar-refractivity contribution < 1.29 is 0 Å². The molecule has 0 saturated heterocycles. The van der Waals surface area contributed by atoms with E-state index >= 15 is 0 Å². The van der Waals surface area contributed by atoms with Gasteiger partial charge in [-0.3, -0.25) is 0 Å². The fraction of sp³-hybridized carbons (Fsp3) is 0.800. The lowest BCUT2D eigenvalue weighted by atomic mass is 9.92. The van der Waals surface area contributed by atoms with Crippen LogP contribution in [0.15, 0.2) is 0 Å². The van der Waals surface area contributed by atoms with Crippen LogP contribution in [0.5, 0.6) is 0 Å². The van der Waals surface area contributed by atoms with Gasteiger partial charge in [0.1, 0.15) is 5.01 Å². The van der Waals surface area contributed by atoms with Crippen LogP contribution in [-0.4, -0.2) is 22.3 Å². The van der Waals surface area contributed by atoms with Crippen molar-refractivity contribution in [1.29, 1.82) is 0 Å². The fourth-order valence-electron chi connectivity index (χ4n) is 1.89. The predicted octanol–water partition coefficient (Wildman–Crippen LogP) is 1.78. The van der Waals surface area contributed by atoms with Crippen molar-refractivity contribution in [2.75, 3.05) is 5.32 Å². The molecule has 0 radical (unpaired) electrons. The van der Waals surface area contributed by atoms with E-state index in [-0.39, 0.29) is 0 Å². The first kappa shape index (κ1) is 10.8. The molecule has 1 aliphatic rings. The monoisotopic (exact) mass is 226 g/mol. The molecule has 0 aliphatic heterocycles. The summed E-state index contributed by atoms with van der Waals surface area (Å²) in [6.45, 7) is 2.10. The van der Waals surface area contributed by atoms with Gasteiger partial charge in [0.15, 0.2) is 0 Å². The van der Waals surface area contributed by atoms with Crippen molar-refractivity contribution in [2.24, 2.45) is 5.73 Å². The van der Waals surface area contributed by atoms with Crippen LogP contribution < -0.4 is 11.1 Å². The minimum absolute atomic E-state index is 0.406. The Hall–Kier alpha value is -0.680. The number of nitrogens with one attached hydrogen (secondary N) is 1. The molecule has 1 saturated carbocycles. The van der Waals surface area contributed by atoms with Gasteiger partial charge in [0.2, 0.25) is 5.13 Å². The molecular formula is C10H18N4S. The number of aryl methyl sites for hydroxylation is 1. The zero-order valence-electron chi connectivity index (χ0n) is 9.07. The van der Waals surface area contributed by atoms with Crippen LogP contribution in [0.2, 0.25) is 0 Å². The lowest BCUT2D eigenvalue weighted by Gasteiger charge is -2.26. The Morgan fingerprint density at radius 2 is 2.07 bits per heavy atom. The second-order valence-electron chi connectivity index (χ2n) is 4.11. The van der Waals surface area contributed by atoms with Crippen LogP contribution >= 0.6 is 11.3 Å². The number of aromatic nitrogens is 2. The van der Waals surface area contributed by atoms with Crippen molar-refractivity contribution >= 4 is 16.5 Å². The van der Waals surface area contributed by atoms with E-state index in [0.717, 1.165) is 42.2 Å². The molecule has 0 amide bonds. The molecule has 1 aromatic heterocycles. The van der Waals surface area contributed by atoms with Crippen molar-refractivity contribution in [2.45, 2.75) is 51.1 Å². The highest BCUT2D eigenvalue weighted by Crippen LogP contribution is 2.23. The highest BCUT2D eigenvalue weighted by atomic mass is 32.1. The number of nitrogens with two attached hydrogens (primary N) is 1. The molecule has 0 aromatic carbocycles. The molecule has 1 aliphatic carbocycles. The summed E-state index contributed by atoms with van der Waals surface area (Å²) in [5, 5.41) is 13.7. The van der Waals surface area contributed by atoms with Crippen molar-refractivity contribution in [3.05, 3.63) is 5.01 Å². The number of anilines is 1. The average molecular weight is 226 g/mol. The maximum Gasteiger partial charge on any atom is 0.205 e. The van der Waals surface area contributed by atoms with Crippen molar-refractivity contribution in [3.8, 4) is 0 Å². The minimum atomic E-state index is 0.406. The molecule has 84 valence electrons. The minimum Gasteiger partial charge on any atom is -0.357 e. The maximum atomic E-state index is 5.86. The molecule has 5 heteroatoms. The molecule has 0 bridgehead atoms. The topological polar surface area (TPSA) is 63.8 Å². The summed E-state index contributed by atoms with van der Waals surface area (Å²) in [6.07, 6.45) is 5.52. The number of hydrogen-bond donors (Lipinski definition) is 2. The molecule has 0 unspecified atom stereocenters.